The summed E-state index contributed by atoms with van der Waals surface area (Å²) in [5.74, 6) is -1.74. The van der Waals surface area contributed by atoms with Crippen molar-refractivity contribution in [3.8, 4) is 0 Å². The van der Waals surface area contributed by atoms with E-state index in [-0.39, 0.29) is 11.6 Å². The molecule has 1 aromatic carbocycles. The summed E-state index contributed by atoms with van der Waals surface area (Å²) in [5.41, 5.74) is -1.59. The van der Waals surface area contributed by atoms with Gasteiger partial charge >= 0.3 is 12.1 Å². The van der Waals surface area contributed by atoms with E-state index >= 15 is 0 Å². The van der Waals surface area contributed by atoms with Crippen LogP contribution in [0.5, 0.6) is 0 Å². The van der Waals surface area contributed by atoms with Gasteiger partial charge in [0.1, 0.15) is 0 Å². The molecule has 0 saturated heterocycles. The molecule has 1 aromatic rings. The van der Waals surface area contributed by atoms with Crippen LogP contribution in [-0.4, -0.2) is 30.7 Å². The molecule has 0 fully saturated rings. The molecule has 25 heavy (non-hydrogen) atoms. The maximum absolute atomic E-state index is 13.0. The van der Waals surface area contributed by atoms with Crippen LogP contribution in [0, 0.1) is 0 Å². The van der Waals surface area contributed by atoms with Crippen molar-refractivity contribution < 1.29 is 32.2 Å². The number of rotatable bonds is 7. The zero-order valence-corrected chi connectivity index (χ0v) is 14.3. The van der Waals surface area contributed by atoms with Crippen LogP contribution in [0.1, 0.15) is 19.4 Å². The van der Waals surface area contributed by atoms with E-state index in [1.807, 2.05) is 0 Å². The van der Waals surface area contributed by atoms with Gasteiger partial charge in [-0.15, -0.1) is 6.58 Å². The highest BCUT2D eigenvalue weighted by atomic mass is 35.5. The predicted octanol–water partition coefficient (Wildman–Crippen LogP) is 3.82. The van der Waals surface area contributed by atoms with Crippen molar-refractivity contribution in [1.29, 1.82) is 0 Å². The first-order valence-corrected chi connectivity index (χ1v) is 7.54. The van der Waals surface area contributed by atoms with Gasteiger partial charge in [-0.2, -0.15) is 13.2 Å². The Labute approximate surface area is 147 Å². The minimum absolute atomic E-state index is 0.108. The van der Waals surface area contributed by atoms with Crippen molar-refractivity contribution in [3.05, 3.63) is 41.4 Å². The average molecular weight is 380 g/mol. The molecule has 1 N–H and O–H groups in total. The molecule has 0 heterocycles. The average Bonchev–Trinajstić information content (AvgIpc) is 2.52. The molecule has 138 valence electrons. The van der Waals surface area contributed by atoms with E-state index in [1.165, 1.54) is 26.0 Å². The fourth-order valence-corrected chi connectivity index (χ4v) is 1.87. The van der Waals surface area contributed by atoms with Gasteiger partial charge in [-0.3, -0.25) is 4.79 Å². The highest BCUT2D eigenvalue weighted by molar-refractivity contribution is 6.30. The fourth-order valence-electron chi connectivity index (χ4n) is 1.70. The van der Waals surface area contributed by atoms with Crippen LogP contribution in [0.2, 0.25) is 5.02 Å². The van der Waals surface area contributed by atoms with Gasteiger partial charge in [0, 0.05) is 5.02 Å². The lowest BCUT2D eigenvalue weighted by Crippen LogP contribution is -2.34. The van der Waals surface area contributed by atoms with Crippen molar-refractivity contribution in [1.82, 2.24) is 0 Å². The van der Waals surface area contributed by atoms with E-state index in [2.05, 4.69) is 11.9 Å². The first-order valence-electron chi connectivity index (χ1n) is 7.16. The van der Waals surface area contributed by atoms with Crippen LogP contribution in [0.15, 0.2) is 30.9 Å². The number of carbonyl (C=O) groups is 2. The number of anilines is 1. The van der Waals surface area contributed by atoms with Crippen LogP contribution in [0.3, 0.4) is 0 Å². The first-order chi connectivity index (χ1) is 11.6. The van der Waals surface area contributed by atoms with Crippen molar-refractivity contribution in [3.63, 3.8) is 0 Å². The number of hydrogen-bond acceptors (Lipinski definition) is 4. The second-order valence-electron chi connectivity index (χ2n) is 5.02. The summed E-state index contributed by atoms with van der Waals surface area (Å²) in [5, 5.41) is 1.95. The molecule has 0 spiro atoms. The van der Waals surface area contributed by atoms with Crippen LogP contribution >= 0.6 is 11.6 Å². The van der Waals surface area contributed by atoms with Gasteiger partial charge in [0.05, 0.1) is 17.9 Å². The van der Waals surface area contributed by atoms with Crippen LogP contribution in [0.4, 0.5) is 18.9 Å². The Bertz CT molecular complexity index is 649. The largest absolute Gasteiger partial charge is 0.451 e. The second kappa shape index (κ2) is 8.87. The summed E-state index contributed by atoms with van der Waals surface area (Å²) < 4.78 is 48.9. The van der Waals surface area contributed by atoms with E-state index < -0.39 is 41.5 Å². The summed E-state index contributed by atoms with van der Waals surface area (Å²) in [6.07, 6.45) is -5.55. The molecule has 2 atom stereocenters. The molecule has 0 bridgehead atoms. The molecule has 1 rings (SSSR count). The van der Waals surface area contributed by atoms with Gasteiger partial charge < -0.3 is 14.8 Å². The normalized spacial score (nSPS) is 13.7. The van der Waals surface area contributed by atoms with Crippen molar-refractivity contribution in [2.45, 2.75) is 32.2 Å². The quantitative estimate of drug-likeness (QED) is 0.578. The van der Waals surface area contributed by atoms with Gasteiger partial charge in [-0.1, -0.05) is 17.7 Å². The minimum atomic E-state index is -4.71. The van der Waals surface area contributed by atoms with E-state index in [1.54, 1.807) is 0 Å². The highest BCUT2D eigenvalue weighted by Crippen LogP contribution is 2.36. The van der Waals surface area contributed by atoms with E-state index in [4.69, 9.17) is 21.1 Å². The number of carbonyl (C=O) groups excluding carboxylic acids is 2. The third kappa shape index (κ3) is 6.39. The summed E-state index contributed by atoms with van der Waals surface area (Å²) in [4.78, 5) is 23.7. The Balaban J connectivity index is 2.79. The number of amides is 1. The maximum Gasteiger partial charge on any atom is 0.418 e. The Morgan fingerprint density at radius 2 is 1.96 bits per heavy atom. The molecular weight excluding hydrogens is 363 g/mol. The van der Waals surface area contributed by atoms with Crippen LogP contribution < -0.4 is 5.32 Å². The summed E-state index contributed by atoms with van der Waals surface area (Å²) >= 11 is 5.56. The molecular formula is C16H17ClF3NO4. The molecule has 1 amide bonds. The van der Waals surface area contributed by atoms with Gasteiger partial charge in [0.15, 0.2) is 12.2 Å². The van der Waals surface area contributed by atoms with E-state index in [9.17, 15) is 22.8 Å². The molecule has 0 aromatic heterocycles. The number of nitrogens with one attached hydrogen (secondary N) is 1. The number of ether oxygens (including phenoxy) is 2. The Kier molecular flexibility index (Phi) is 7.44. The molecule has 0 radical (unpaired) electrons. The SMILES string of the molecule is C=CCOC(C)C(=O)OC(C)C(=O)Nc1ccc(Cl)cc1C(F)(F)F. The van der Waals surface area contributed by atoms with Crippen LogP contribution in [0.25, 0.3) is 0 Å². The number of halogens is 4. The standard InChI is InChI=1S/C16H17ClF3NO4/c1-4-7-24-10(3)15(23)25-9(2)14(22)21-13-6-5-11(17)8-12(13)16(18,19)20/h4-6,8-10H,1,7H2,2-3H3,(H,21,22). The zero-order chi connectivity index (χ0) is 19.2. The van der Waals surface area contributed by atoms with E-state index in [0.717, 1.165) is 6.07 Å². The molecule has 5 nitrogen and oxygen atoms in total. The lowest BCUT2D eigenvalue weighted by Gasteiger charge is -2.18. The molecule has 0 aliphatic heterocycles. The van der Waals surface area contributed by atoms with Gasteiger partial charge in [-0.25, -0.2) is 4.79 Å². The van der Waals surface area contributed by atoms with Crippen molar-refractivity contribution in [2.24, 2.45) is 0 Å². The monoisotopic (exact) mass is 379 g/mol. The molecule has 0 aliphatic rings. The van der Waals surface area contributed by atoms with E-state index in [0.29, 0.717) is 6.07 Å². The zero-order valence-electron chi connectivity index (χ0n) is 13.5. The third-order valence-corrected chi connectivity index (χ3v) is 3.24. The lowest BCUT2D eigenvalue weighted by molar-refractivity contribution is -0.163. The molecule has 9 heteroatoms. The summed E-state index contributed by atoms with van der Waals surface area (Å²) in [6, 6.07) is 2.92. The van der Waals surface area contributed by atoms with Crippen molar-refractivity contribution in [2.75, 3.05) is 11.9 Å². The maximum atomic E-state index is 13.0. The topological polar surface area (TPSA) is 64.6 Å². The number of benzene rings is 1. The fraction of sp³-hybridized carbons (Fsp3) is 0.375. The Morgan fingerprint density at radius 3 is 2.52 bits per heavy atom. The lowest BCUT2D eigenvalue weighted by atomic mass is 10.1. The summed E-state index contributed by atoms with van der Waals surface area (Å²) in [6.45, 7) is 6.17. The summed E-state index contributed by atoms with van der Waals surface area (Å²) in [7, 11) is 0. The molecule has 2 unspecified atom stereocenters. The molecule has 0 saturated carbocycles. The predicted molar refractivity (Wildman–Crippen MR) is 86.2 cm³/mol. The third-order valence-electron chi connectivity index (χ3n) is 3.00. The Morgan fingerprint density at radius 1 is 1.32 bits per heavy atom. The van der Waals surface area contributed by atoms with Crippen LogP contribution in [-0.2, 0) is 25.2 Å². The van der Waals surface area contributed by atoms with Gasteiger partial charge in [-0.05, 0) is 32.0 Å². The van der Waals surface area contributed by atoms with Gasteiger partial charge in [0.2, 0.25) is 0 Å². The smallest absolute Gasteiger partial charge is 0.418 e. The first kappa shape index (κ1) is 21.0. The van der Waals surface area contributed by atoms with Gasteiger partial charge in [0.25, 0.3) is 5.91 Å². The molecule has 0 aliphatic carbocycles. The second-order valence-corrected chi connectivity index (χ2v) is 5.46. The Hall–Kier alpha value is -2.06. The number of alkyl halides is 3. The number of hydrogen-bond donors (Lipinski definition) is 1. The number of esters is 1. The highest BCUT2D eigenvalue weighted by Gasteiger charge is 2.34. The van der Waals surface area contributed by atoms with Crippen molar-refractivity contribution >= 4 is 29.2 Å². The minimum Gasteiger partial charge on any atom is -0.451 e.